The first-order chi connectivity index (χ1) is 5.95. The minimum atomic E-state index is -1.57. The Hall–Kier alpha value is 0.996. The van der Waals surface area contributed by atoms with Gasteiger partial charge in [-0.25, -0.2) is 0 Å². The molecule has 0 radical (unpaired) electrons. The molecular formula is C7H2Cl3KO3. The van der Waals surface area contributed by atoms with Gasteiger partial charge >= 0.3 is 51.4 Å². The third-order valence-corrected chi connectivity index (χ3v) is 2.61. The van der Waals surface area contributed by atoms with E-state index in [0.717, 1.165) is 6.07 Å². The van der Waals surface area contributed by atoms with Crippen LogP contribution in [-0.4, -0.2) is 11.1 Å². The normalized spacial score (nSPS) is 9.36. The van der Waals surface area contributed by atoms with E-state index in [0.29, 0.717) is 0 Å². The van der Waals surface area contributed by atoms with Gasteiger partial charge in [0.1, 0.15) is 10.8 Å². The number of rotatable bonds is 1. The van der Waals surface area contributed by atoms with E-state index < -0.39 is 17.3 Å². The van der Waals surface area contributed by atoms with Crippen LogP contribution >= 0.6 is 34.8 Å². The van der Waals surface area contributed by atoms with Crippen LogP contribution in [0.5, 0.6) is 5.75 Å². The molecule has 0 unspecified atom stereocenters. The minimum absolute atomic E-state index is 0. The smallest absolute Gasteiger partial charge is 0.545 e. The Bertz CT molecular complexity index is 381. The summed E-state index contributed by atoms with van der Waals surface area (Å²) >= 11 is 16.5. The van der Waals surface area contributed by atoms with Crippen molar-refractivity contribution in [3.8, 4) is 5.75 Å². The van der Waals surface area contributed by atoms with Gasteiger partial charge in [-0.15, -0.1) is 0 Å². The Morgan fingerprint density at radius 2 is 1.79 bits per heavy atom. The second-order valence-electron chi connectivity index (χ2n) is 2.17. The summed E-state index contributed by atoms with van der Waals surface area (Å²) in [5.41, 5.74) is -0.487. The Morgan fingerprint density at radius 3 is 2.21 bits per heavy atom. The molecule has 0 aromatic heterocycles. The Kier molecular flexibility index (Phi) is 6.33. The van der Waals surface area contributed by atoms with Gasteiger partial charge in [0.25, 0.3) is 0 Å². The van der Waals surface area contributed by atoms with Crippen LogP contribution in [0.4, 0.5) is 0 Å². The molecule has 7 heteroatoms. The standard InChI is InChI=1S/C7H3Cl3O3.K/c8-3-1-2(7(12)13)6(11)5(10)4(3)9;/h1,11H,(H,12,13);/q;+1/p-1. The number of hydrogen-bond acceptors (Lipinski definition) is 3. The van der Waals surface area contributed by atoms with E-state index in [-0.39, 0.29) is 66.5 Å². The third-order valence-electron chi connectivity index (χ3n) is 1.36. The van der Waals surface area contributed by atoms with Crippen LogP contribution in [0, 0.1) is 0 Å². The van der Waals surface area contributed by atoms with Gasteiger partial charge < -0.3 is 15.0 Å². The molecule has 70 valence electrons. The molecule has 0 heterocycles. The van der Waals surface area contributed by atoms with Crippen LogP contribution in [0.1, 0.15) is 10.4 Å². The van der Waals surface area contributed by atoms with Crippen molar-refractivity contribution < 1.29 is 66.4 Å². The van der Waals surface area contributed by atoms with E-state index in [2.05, 4.69) is 0 Å². The predicted molar refractivity (Wildman–Crippen MR) is 47.5 cm³/mol. The van der Waals surface area contributed by atoms with Gasteiger partial charge in [0, 0.05) is 5.56 Å². The van der Waals surface area contributed by atoms with Crippen molar-refractivity contribution in [1.82, 2.24) is 0 Å². The van der Waals surface area contributed by atoms with E-state index in [1.54, 1.807) is 0 Å². The molecule has 0 amide bonds. The first kappa shape index (κ1) is 15.0. The van der Waals surface area contributed by atoms with Gasteiger partial charge in [-0.05, 0) is 6.07 Å². The summed E-state index contributed by atoms with van der Waals surface area (Å²) in [6.45, 7) is 0. The van der Waals surface area contributed by atoms with E-state index >= 15 is 0 Å². The van der Waals surface area contributed by atoms with E-state index in [9.17, 15) is 15.0 Å². The number of aromatic hydroxyl groups is 1. The zero-order valence-corrected chi connectivity index (χ0v) is 12.4. The van der Waals surface area contributed by atoms with E-state index in [1.807, 2.05) is 0 Å². The molecule has 1 N–H and O–H groups in total. The molecule has 0 aliphatic rings. The molecule has 1 aromatic carbocycles. The fourth-order valence-corrected chi connectivity index (χ4v) is 1.34. The number of hydrogen-bond donors (Lipinski definition) is 1. The largest absolute Gasteiger partial charge is 1.00 e. The van der Waals surface area contributed by atoms with E-state index in [1.165, 1.54) is 0 Å². The number of phenols is 1. The van der Waals surface area contributed by atoms with Gasteiger partial charge in [0.2, 0.25) is 0 Å². The molecule has 0 aliphatic carbocycles. The Labute approximate surface area is 137 Å². The number of carbonyl (C=O) groups excluding carboxylic acids is 1. The average Bonchev–Trinajstić information content (AvgIpc) is 2.07. The third kappa shape index (κ3) is 2.99. The fourth-order valence-electron chi connectivity index (χ4n) is 0.741. The molecule has 14 heavy (non-hydrogen) atoms. The first-order valence-electron chi connectivity index (χ1n) is 3.03. The number of carbonyl (C=O) groups is 1. The molecule has 1 rings (SSSR count). The van der Waals surface area contributed by atoms with Crippen molar-refractivity contribution in [3.05, 3.63) is 26.7 Å². The zero-order valence-electron chi connectivity index (χ0n) is 6.97. The second kappa shape index (κ2) is 5.91. The quantitative estimate of drug-likeness (QED) is 0.515. The molecule has 0 saturated carbocycles. The number of benzene rings is 1. The zero-order chi connectivity index (χ0) is 10.2. The average molecular weight is 280 g/mol. The number of aromatic carboxylic acids is 1. The van der Waals surface area contributed by atoms with Crippen LogP contribution in [0.3, 0.4) is 0 Å². The molecule has 0 atom stereocenters. The minimum Gasteiger partial charge on any atom is -0.545 e. The van der Waals surface area contributed by atoms with Crippen LogP contribution < -0.4 is 56.5 Å². The maximum atomic E-state index is 10.4. The van der Waals surface area contributed by atoms with Crippen molar-refractivity contribution in [2.75, 3.05) is 0 Å². The summed E-state index contributed by atoms with van der Waals surface area (Å²) in [4.78, 5) is 10.4. The maximum absolute atomic E-state index is 10.4. The number of carboxylic acid groups (broad SMARTS) is 1. The topological polar surface area (TPSA) is 60.4 Å². The summed E-state index contributed by atoms with van der Waals surface area (Å²) in [5.74, 6) is -2.21. The summed E-state index contributed by atoms with van der Waals surface area (Å²) in [6.07, 6.45) is 0. The summed E-state index contributed by atoms with van der Waals surface area (Å²) in [5, 5.41) is 19.1. The summed E-state index contributed by atoms with van der Waals surface area (Å²) < 4.78 is 0. The van der Waals surface area contributed by atoms with Crippen LogP contribution in [0.15, 0.2) is 6.07 Å². The van der Waals surface area contributed by atoms with Crippen LogP contribution in [-0.2, 0) is 0 Å². The Balaban J connectivity index is 0.00000169. The molecule has 0 saturated heterocycles. The SMILES string of the molecule is O=C([O-])c1cc(Cl)c(Cl)c(Cl)c1O.[K+]. The van der Waals surface area contributed by atoms with Gasteiger partial charge in [-0.3, -0.25) is 0 Å². The van der Waals surface area contributed by atoms with Gasteiger partial charge in [0.05, 0.1) is 16.0 Å². The monoisotopic (exact) mass is 278 g/mol. The van der Waals surface area contributed by atoms with Crippen LogP contribution in [0.2, 0.25) is 15.1 Å². The molecule has 0 aliphatic heterocycles. The van der Waals surface area contributed by atoms with Crippen molar-refractivity contribution in [2.24, 2.45) is 0 Å². The predicted octanol–water partition coefficient (Wildman–Crippen LogP) is -1.28. The molecule has 3 nitrogen and oxygen atoms in total. The van der Waals surface area contributed by atoms with E-state index in [4.69, 9.17) is 34.8 Å². The fraction of sp³-hybridized carbons (Fsp3) is 0. The van der Waals surface area contributed by atoms with Gasteiger partial charge in [0.15, 0.2) is 0 Å². The molecule has 1 aromatic rings. The van der Waals surface area contributed by atoms with Gasteiger partial charge in [-0.1, -0.05) is 34.8 Å². The summed E-state index contributed by atoms with van der Waals surface area (Å²) in [7, 11) is 0. The first-order valence-corrected chi connectivity index (χ1v) is 4.16. The van der Waals surface area contributed by atoms with Crippen molar-refractivity contribution in [3.63, 3.8) is 0 Å². The number of halogens is 3. The van der Waals surface area contributed by atoms with Crippen molar-refractivity contribution >= 4 is 40.8 Å². The maximum Gasteiger partial charge on any atom is 1.00 e. The molecule has 0 bridgehead atoms. The molecular weight excluding hydrogens is 278 g/mol. The second-order valence-corrected chi connectivity index (χ2v) is 3.33. The van der Waals surface area contributed by atoms with Crippen LogP contribution in [0.25, 0.3) is 0 Å². The Morgan fingerprint density at radius 1 is 1.29 bits per heavy atom. The van der Waals surface area contributed by atoms with Crippen molar-refractivity contribution in [1.29, 1.82) is 0 Å². The molecule has 0 fully saturated rings. The molecule has 0 spiro atoms. The van der Waals surface area contributed by atoms with Gasteiger partial charge in [-0.2, -0.15) is 0 Å². The summed E-state index contributed by atoms with van der Waals surface area (Å²) in [6, 6.07) is 0.973. The van der Waals surface area contributed by atoms with Crippen molar-refractivity contribution in [2.45, 2.75) is 0 Å². The number of carboxylic acids is 1.